The average molecular weight is 773 g/mol. The number of hydrogen-bond acceptors (Lipinski definition) is 14. The summed E-state index contributed by atoms with van der Waals surface area (Å²) in [5.74, 6) is -6.46. The van der Waals surface area contributed by atoms with Crippen molar-refractivity contribution in [3.05, 3.63) is 108 Å². The maximum Gasteiger partial charge on any atom is 0.338 e. The Morgan fingerprint density at radius 1 is 0.607 bits per heavy atom. The summed E-state index contributed by atoms with van der Waals surface area (Å²) in [6, 6.07) is 23.6. The molecule has 1 heterocycles. The first-order valence-electron chi connectivity index (χ1n) is 18.1. The van der Waals surface area contributed by atoms with E-state index in [0.717, 1.165) is 20.8 Å². The van der Waals surface area contributed by atoms with Crippen molar-refractivity contribution in [3.63, 3.8) is 0 Å². The van der Waals surface area contributed by atoms with E-state index in [9.17, 15) is 33.9 Å². The van der Waals surface area contributed by atoms with Gasteiger partial charge in [-0.25, -0.2) is 14.4 Å². The lowest BCUT2D eigenvalue weighted by molar-refractivity contribution is -0.361. The molecule has 2 saturated carbocycles. The lowest BCUT2D eigenvalue weighted by atomic mass is 9.45. The second-order valence-corrected chi connectivity index (χ2v) is 15.1. The summed E-state index contributed by atoms with van der Waals surface area (Å²) in [7, 11) is 0. The Labute approximate surface area is 323 Å². The zero-order valence-corrected chi connectivity index (χ0v) is 31.8. The third-order valence-corrected chi connectivity index (χ3v) is 10.9. The van der Waals surface area contributed by atoms with Crippen LogP contribution in [-0.2, 0) is 47.5 Å². The maximum absolute atomic E-state index is 14.2. The van der Waals surface area contributed by atoms with Gasteiger partial charge in [-0.3, -0.25) is 14.4 Å². The second-order valence-electron chi connectivity index (χ2n) is 15.1. The number of hydrogen-bond donors (Lipinski definition) is 1. The van der Waals surface area contributed by atoms with E-state index in [1.165, 1.54) is 43.3 Å². The van der Waals surface area contributed by atoms with Gasteiger partial charge in [-0.15, -0.1) is 0 Å². The molecule has 0 amide bonds. The molecule has 6 rings (SSSR count). The van der Waals surface area contributed by atoms with Crippen LogP contribution in [0.25, 0.3) is 0 Å². The van der Waals surface area contributed by atoms with Gasteiger partial charge in [-0.1, -0.05) is 54.6 Å². The molecular formula is C42H44O14. The van der Waals surface area contributed by atoms with Crippen LogP contribution in [0.2, 0.25) is 0 Å². The summed E-state index contributed by atoms with van der Waals surface area (Å²) < 4.78 is 43.8. The number of carbonyl (C=O) groups is 6. The highest BCUT2D eigenvalue weighted by Crippen LogP contribution is 2.69. The average Bonchev–Trinajstić information content (AvgIpc) is 3.35. The predicted octanol–water partition coefficient (Wildman–Crippen LogP) is 4.41. The zero-order chi connectivity index (χ0) is 40.6. The second kappa shape index (κ2) is 15.1. The fourth-order valence-corrected chi connectivity index (χ4v) is 8.95. The minimum absolute atomic E-state index is 0.0589. The van der Waals surface area contributed by atoms with Gasteiger partial charge in [0.2, 0.25) is 0 Å². The molecule has 14 heteroatoms. The van der Waals surface area contributed by atoms with Gasteiger partial charge in [-0.2, -0.15) is 0 Å². The highest BCUT2D eigenvalue weighted by molar-refractivity contribution is 5.91. The number of esters is 6. The normalized spacial score (nSPS) is 31.1. The molecule has 3 aromatic rings. The molecule has 296 valence electrons. The summed E-state index contributed by atoms with van der Waals surface area (Å²) in [4.78, 5) is 81.5. The number of aliphatic hydroxyl groups is 1. The van der Waals surface area contributed by atoms with E-state index in [4.69, 9.17) is 33.2 Å². The molecule has 56 heavy (non-hydrogen) atoms. The van der Waals surface area contributed by atoms with E-state index in [1.807, 2.05) is 0 Å². The molecule has 1 N–H and O–H groups in total. The number of carbonyl (C=O) groups excluding carboxylic acids is 6. The van der Waals surface area contributed by atoms with E-state index in [-0.39, 0.29) is 16.7 Å². The standard InChI is InChI=1S/C42H44O14/c1-24(43)50-23-41-33(55-38(48)29-20-14-9-15-21-29)30(53-36(46)27-16-10-7-11-17-27)22-40(6,49)42(41)34(51-25(2)44)31(39(4,5)56-42)32(35(41)52-26(3)45)54-37(47)28-18-12-8-13-19-28/h7-21,30-35,49H,22-23H2,1-6H3. The van der Waals surface area contributed by atoms with Gasteiger partial charge in [0.05, 0.1) is 33.8 Å². The van der Waals surface area contributed by atoms with Crippen LogP contribution in [-0.4, -0.2) is 94.9 Å². The largest absolute Gasteiger partial charge is 0.465 e. The summed E-state index contributed by atoms with van der Waals surface area (Å²) in [6.07, 6.45) is -8.85. The topological polar surface area (TPSA) is 187 Å². The maximum atomic E-state index is 14.2. The van der Waals surface area contributed by atoms with Crippen LogP contribution in [0.3, 0.4) is 0 Å². The van der Waals surface area contributed by atoms with E-state index in [1.54, 1.807) is 68.4 Å². The molecule has 3 fully saturated rings. The van der Waals surface area contributed by atoms with Gasteiger partial charge in [-0.05, 0) is 57.2 Å². The Hall–Kier alpha value is -5.60. The fourth-order valence-electron chi connectivity index (χ4n) is 8.95. The summed E-state index contributed by atoms with van der Waals surface area (Å²) in [5, 5.41) is 13.0. The Morgan fingerprint density at radius 3 is 1.52 bits per heavy atom. The SMILES string of the molecule is CC(=O)OCC12C(OC(=O)c3ccccc3)C(OC(=O)c3ccccc3)CC(C)(O)C13OC(C)(C)C(C(OC(=O)c1ccccc1)C2OC(C)=O)C3OC(C)=O. The first kappa shape index (κ1) is 40.1. The van der Waals surface area contributed by atoms with Crippen LogP contribution in [0.4, 0.5) is 0 Å². The summed E-state index contributed by atoms with van der Waals surface area (Å²) in [5.41, 5.74) is -8.08. The van der Waals surface area contributed by atoms with Gasteiger partial charge in [0.25, 0.3) is 0 Å². The number of rotatable bonds is 10. The molecule has 1 saturated heterocycles. The lowest BCUT2D eigenvalue weighted by Crippen LogP contribution is -2.85. The van der Waals surface area contributed by atoms with Crippen LogP contribution in [0, 0.1) is 11.3 Å². The monoisotopic (exact) mass is 772 g/mol. The van der Waals surface area contributed by atoms with Crippen molar-refractivity contribution in [3.8, 4) is 0 Å². The Bertz CT molecular complexity index is 1980. The summed E-state index contributed by atoms with van der Waals surface area (Å²) >= 11 is 0. The Morgan fingerprint density at radius 2 is 1.05 bits per heavy atom. The first-order chi connectivity index (χ1) is 26.4. The molecule has 2 bridgehead atoms. The minimum atomic E-state index is -2.36. The smallest absolute Gasteiger partial charge is 0.338 e. The van der Waals surface area contributed by atoms with Gasteiger partial charge in [0.1, 0.15) is 30.3 Å². The van der Waals surface area contributed by atoms with E-state index in [2.05, 4.69) is 0 Å². The third kappa shape index (κ3) is 6.92. The van der Waals surface area contributed by atoms with Crippen molar-refractivity contribution in [2.75, 3.05) is 6.61 Å². The Kier molecular flexibility index (Phi) is 10.8. The van der Waals surface area contributed by atoms with Gasteiger partial charge < -0.3 is 38.3 Å². The van der Waals surface area contributed by atoms with Gasteiger partial charge >= 0.3 is 35.8 Å². The predicted molar refractivity (Wildman–Crippen MR) is 194 cm³/mol. The van der Waals surface area contributed by atoms with Crippen molar-refractivity contribution in [1.29, 1.82) is 0 Å². The molecule has 0 aromatic heterocycles. The lowest BCUT2D eigenvalue weighted by Gasteiger charge is -2.66. The molecule has 9 atom stereocenters. The van der Waals surface area contributed by atoms with Crippen LogP contribution in [0.1, 0.15) is 79.0 Å². The molecule has 9 unspecified atom stereocenters. The van der Waals surface area contributed by atoms with Crippen molar-refractivity contribution < 1.29 is 67.0 Å². The summed E-state index contributed by atoms with van der Waals surface area (Å²) in [6.45, 7) is 7.04. The van der Waals surface area contributed by atoms with Crippen molar-refractivity contribution in [1.82, 2.24) is 0 Å². The van der Waals surface area contributed by atoms with Crippen molar-refractivity contribution in [2.45, 2.75) is 95.3 Å². The van der Waals surface area contributed by atoms with Crippen LogP contribution in [0.15, 0.2) is 91.0 Å². The number of benzene rings is 3. The fraction of sp³-hybridized carbons (Fsp3) is 0.429. The van der Waals surface area contributed by atoms with E-state index < -0.39 is 107 Å². The molecule has 1 spiro atoms. The first-order valence-corrected chi connectivity index (χ1v) is 18.1. The highest BCUT2D eigenvalue weighted by Gasteiger charge is 2.89. The van der Waals surface area contributed by atoms with E-state index in [0.29, 0.717) is 0 Å². The van der Waals surface area contributed by atoms with Crippen LogP contribution < -0.4 is 0 Å². The highest BCUT2D eigenvalue weighted by atomic mass is 16.7. The molecular weight excluding hydrogens is 728 g/mol. The minimum Gasteiger partial charge on any atom is -0.465 e. The number of fused-ring (bicyclic) bond motifs is 1. The quantitative estimate of drug-likeness (QED) is 0.226. The molecule has 2 aliphatic carbocycles. The Balaban J connectivity index is 1.68. The van der Waals surface area contributed by atoms with Gasteiger partial charge in [0.15, 0.2) is 17.8 Å². The van der Waals surface area contributed by atoms with Crippen molar-refractivity contribution in [2.24, 2.45) is 11.3 Å². The van der Waals surface area contributed by atoms with Gasteiger partial charge in [0, 0.05) is 27.2 Å². The molecule has 3 aliphatic rings. The van der Waals surface area contributed by atoms with Crippen LogP contribution >= 0.6 is 0 Å². The third-order valence-electron chi connectivity index (χ3n) is 10.9. The van der Waals surface area contributed by atoms with Crippen molar-refractivity contribution >= 4 is 35.8 Å². The molecule has 14 nitrogen and oxygen atoms in total. The molecule has 0 radical (unpaired) electrons. The molecule has 3 aromatic carbocycles. The van der Waals surface area contributed by atoms with Crippen LogP contribution in [0.5, 0.6) is 0 Å². The van der Waals surface area contributed by atoms with E-state index >= 15 is 0 Å². The molecule has 1 aliphatic heterocycles. The zero-order valence-electron chi connectivity index (χ0n) is 31.8. The number of ether oxygens (including phenoxy) is 7.